The first kappa shape index (κ1) is 13.3. The summed E-state index contributed by atoms with van der Waals surface area (Å²) in [7, 11) is 0. The van der Waals surface area contributed by atoms with Crippen LogP contribution in [0.25, 0.3) is 0 Å². The van der Waals surface area contributed by atoms with Crippen LogP contribution in [0.5, 0.6) is 0 Å². The maximum Gasteiger partial charge on any atom is 0.251 e. The molecule has 0 spiro atoms. The molecule has 1 amide bonds. The molecule has 0 aliphatic heterocycles. The third-order valence-electron chi connectivity index (χ3n) is 3.38. The number of rotatable bonds is 5. The number of hydrogen-bond donors (Lipinski definition) is 1. The number of carbonyl (C=O) groups excluding carboxylic acids is 1. The Bertz CT molecular complexity index is 447. The van der Waals surface area contributed by atoms with Crippen molar-refractivity contribution >= 4 is 17.5 Å². The van der Waals surface area contributed by atoms with E-state index < -0.39 is 0 Å². The maximum atomic E-state index is 12.1. The van der Waals surface area contributed by atoms with E-state index in [-0.39, 0.29) is 5.91 Å². The topological polar surface area (TPSA) is 42.0 Å². The van der Waals surface area contributed by atoms with Crippen LogP contribution in [0, 0.1) is 5.92 Å². The smallest absolute Gasteiger partial charge is 0.251 e. The van der Waals surface area contributed by atoms with Gasteiger partial charge in [-0.05, 0) is 30.9 Å². The Morgan fingerprint density at radius 2 is 2.28 bits per heavy atom. The van der Waals surface area contributed by atoms with Crippen LogP contribution in [-0.4, -0.2) is 16.9 Å². The fourth-order valence-electron chi connectivity index (χ4n) is 2.19. The van der Waals surface area contributed by atoms with E-state index in [1.54, 1.807) is 6.07 Å². The first-order chi connectivity index (χ1) is 8.63. The fourth-order valence-corrected chi connectivity index (χ4v) is 2.42. The summed E-state index contributed by atoms with van der Waals surface area (Å²) < 4.78 is 0. The molecule has 0 saturated heterocycles. The third kappa shape index (κ3) is 3.22. The SMILES string of the molecule is CCCc1cc(C(=O)NC2CC2CC)cc(Cl)n1. The molecule has 18 heavy (non-hydrogen) atoms. The lowest BCUT2D eigenvalue weighted by Gasteiger charge is -2.06. The zero-order valence-corrected chi connectivity index (χ0v) is 11.6. The molecule has 1 N–H and O–H groups in total. The van der Waals surface area contributed by atoms with Crippen LogP contribution in [0.2, 0.25) is 5.15 Å². The molecule has 1 aliphatic rings. The summed E-state index contributed by atoms with van der Waals surface area (Å²) in [5, 5.41) is 3.44. The van der Waals surface area contributed by atoms with Crippen LogP contribution < -0.4 is 5.32 Å². The predicted octanol–water partition coefficient (Wildman–Crippen LogP) is 3.22. The molecule has 98 valence electrons. The van der Waals surface area contributed by atoms with Crippen LogP contribution in [0.3, 0.4) is 0 Å². The number of nitrogens with zero attached hydrogens (tertiary/aromatic N) is 1. The van der Waals surface area contributed by atoms with Crippen LogP contribution in [0.4, 0.5) is 0 Å². The van der Waals surface area contributed by atoms with Gasteiger partial charge in [0, 0.05) is 17.3 Å². The summed E-state index contributed by atoms with van der Waals surface area (Å²) in [6.45, 7) is 4.23. The van der Waals surface area contributed by atoms with E-state index in [1.165, 1.54) is 0 Å². The van der Waals surface area contributed by atoms with Gasteiger partial charge >= 0.3 is 0 Å². The Morgan fingerprint density at radius 3 is 2.89 bits per heavy atom. The van der Waals surface area contributed by atoms with E-state index in [9.17, 15) is 4.79 Å². The molecule has 1 aromatic rings. The second kappa shape index (κ2) is 5.70. The number of carbonyl (C=O) groups is 1. The molecule has 1 aliphatic carbocycles. The Kier molecular flexibility index (Phi) is 4.23. The van der Waals surface area contributed by atoms with Gasteiger partial charge in [-0.3, -0.25) is 4.79 Å². The van der Waals surface area contributed by atoms with E-state index in [4.69, 9.17) is 11.6 Å². The second-order valence-electron chi connectivity index (χ2n) is 4.90. The van der Waals surface area contributed by atoms with Crippen LogP contribution in [0.15, 0.2) is 12.1 Å². The van der Waals surface area contributed by atoms with Crippen LogP contribution >= 0.6 is 11.6 Å². The van der Waals surface area contributed by atoms with Gasteiger partial charge in [-0.2, -0.15) is 0 Å². The van der Waals surface area contributed by atoms with E-state index in [1.807, 2.05) is 6.07 Å². The first-order valence-electron chi connectivity index (χ1n) is 6.61. The highest BCUT2D eigenvalue weighted by Crippen LogP contribution is 2.33. The molecule has 1 heterocycles. The van der Waals surface area contributed by atoms with Crippen molar-refractivity contribution in [2.75, 3.05) is 0 Å². The normalized spacial score (nSPS) is 21.7. The van der Waals surface area contributed by atoms with Gasteiger partial charge in [-0.1, -0.05) is 38.3 Å². The Balaban J connectivity index is 2.05. The summed E-state index contributed by atoms with van der Waals surface area (Å²) >= 11 is 5.95. The lowest BCUT2D eigenvalue weighted by atomic mass is 10.1. The van der Waals surface area contributed by atoms with Crippen LogP contribution in [0.1, 0.15) is 49.2 Å². The Morgan fingerprint density at radius 1 is 1.50 bits per heavy atom. The number of nitrogens with one attached hydrogen (secondary N) is 1. The van der Waals surface area contributed by atoms with Crippen molar-refractivity contribution in [3.8, 4) is 0 Å². The minimum absolute atomic E-state index is 0.0300. The molecule has 1 aromatic heterocycles. The summed E-state index contributed by atoms with van der Waals surface area (Å²) in [4.78, 5) is 16.3. The van der Waals surface area contributed by atoms with Gasteiger partial charge in [0.1, 0.15) is 5.15 Å². The van der Waals surface area contributed by atoms with Crippen molar-refractivity contribution in [1.29, 1.82) is 0 Å². The van der Waals surface area contributed by atoms with Crippen molar-refractivity contribution in [2.45, 2.75) is 45.6 Å². The molecule has 2 atom stereocenters. The molecular weight excluding hydrogens is 248 g/mol. The average Bonchev–Trinajstić information content (AvgIpc) is 3.07. The standard InChI is InChI=1S/C14H19ClN2O/c1-3-5-11-6-10(8-13(15)16-11)14(18)17-12-7-9(12)4-2/h6,8-9,12H,3-5,7H2,1-2H3,(H,17,18). The summed E-state index contributed by atoms with van der Waals surface area (Å²) in [6.07, 6.45) is 4.07. The van der Waals surface area contributed by atoms with Crippen molar-refractivity contribution < 1.29 is 4.79 Å². The van der Waals surface area contributed by atoms with Crippen molar-refractivity contribution in [1.82, 2.24) is 10.3 Å². The largest absolute Gasteiger partial charge is 0.349 e. The highest BCUT2D eigenvalue weighted by Gasteiger charge is 2.36. The van der Waals surface area contributed by atoms with Crippen molar-refractivity contribution in [2.24, 2.45) is 5.92 Å². The van der Waals surface area contributed by atoms with Gasteiger partial charge in [0.15, 0.2) is 0 Å². The zero-order valence-electron chi connectivity index (χ0n) is 10.9. The van der Waals surface area contributed by atoms with Crippen molar-refractivity contribution in [3.63, 3.8) is 0 Å². The minimum atomic E-state index is -0.0300. The lowest BCUT2D eigenvalue weighted by molar-refractivity contribution is 0.0948. The number of halogens is 1. The molecule has 1 saturated carbocycles. The molecule has 0 radical (unpaired) electrons. The number of aryl methyl sites for hydroxylation is 1. The summed E-state index contributed by atoms with van der Waals surface area (Å²) in [6, 6.07) is 3.83. The number of hydrogen-bond acceptors (Lipinski definition) is 2. The quantitative estimate of drug-likeness (QED) is 0.832. The third-order valence-corrected chi connectivity index (χ3v) is 3.57. The zero-order chi connectivity index (χ0) is 13.1. The van der Waals surface area contributed by atoms with E-state index in [2.05, 4.69) is 24.1 Å². The van der Waals surface area contributed by atoms with Gasteiger partial charge in [-0.25, -0.2) is 4.98 Å². The summed E-state index contributed by atoms with van der Waals surface area (Å²) in [5.74, 6) is 0.624. The average molecular weight is 267 g/mol. The molecular formula is C14H19ClN2O. The lowest BCUT2D eigenvalue weighted by Crippen LogP contribution is -2.27. The van der Waals surface area contributed by atoms with E-state index in [0.29, 0.717) is 22.7 Å². The number of amides is 1. The Labute approximate surface area is 113 Å². The first-order valence-corrected chi connectivity index (χ1v) is 6.99. The van der Waals surface area contributed by atoms with Crippen LogP contribution in [-0.2, 0) is 6.42 Å². The summed E-state index contributed by atoms with van der Waals surface area (Å²) in [5.41, 5.74) is 1.51. The molecule has 1 fully saturated rings. The molecule has 0 bridgehead atoms. The van der Waals surface area contributed by atoms with Crippen molar-refractivity contribution in [3.05, 3.63) is 28.5 Å². The van der Waals surface area contributed by atoms with Gasteiger partial charge < -0.3 is 5.32 Å². The molecule has 3 nitrogen and oxygen atoms in total. The second-order valence-corrected chi connectivity index (χ2v) is 5.29. The van der Waals surface area contributed by atoms with Gasteiger partial charge in [0.2, 0.25) is 0 Å². The van der Waals surface area contributed by atoms with Gasteiger partial charge in [-0.15, -0.1) is 0 Å². The van der Waals surface area contributed by atoms with Gasteiger partial charge in [0.05, 0.1) is 0 Å². The Hall–Kier alpha value is -1.09. The molecule has 4 heteroatoms. The molecule has 2 unspecified atom stereocenters. The fraction of sp³-hybridized carbons (Fsp3) is 0.571. The highest BCUT2D eigenvalue weighted by molar-refractivity contribution is 6.29. The minimum Gasteiger partial charge on any atom is -0.349 e. The monoisotopic (exact) mass is 266 g/mol. The van der Waals surface area contributed by atoms with E-state index in [0.717, 1.165) is 31.4 Å². The molecule has 2 rings (SSSR count). The van der Waals surface area contributed by atoms with Gasteiger partial charge in [0.25, 0.3) is 5.91 Å². The predicted molar refractivity (Wildman–Crippen MR) is 72.9 cm³/mol. The number of pyridine rings is 1. The molecule has 0 aromatic carbocycles. The maximum absolute atomic E-state index is 12.1. The van der Waals surface area contributed by atoms with E-state index >= 15 is 0 Å². The number of aromatic nitrogens is 1. The highest BCUT2D eigenvalue weighted by atomic mass is 35.5.